The third-order valence-corrected chi connectivity index (χ3v) is 3.57. The Morgan fingerprint density at radius 2 is 1.71 bits per heavy atom. The maximum absolute atomic E-state index is 12.2. The van der Waals surface area contributed by atoms with E-state index < -0.39 is 0 Å². The highest BCUT2D eigenvalue weighted by molar-refractivity contribution is 5.78. The molecule has 100 valence electrons. The van der Waals surface area contributed by atoms with Crippen molar-refractivity contribution in [3.8, 4) is 0 Å². The SMILES string of the molecule is CCCN(CCC)C(=O)CN1CCC(C)CC1. The molecular weight excluding hydrogens is 212 g/mol. The van der Waals surface area contributed by atoms with Crippen molar-refractivity contribution in [3.05, 3.63) is 0 Å². The molecule has 1 fully saturated rings. The maximum atomic E-state index is 12.2. The van der Waals surface area contributed by atoms with Gasteiger partial charge in [-0.15, -0.1) is 0 Å². The van der Waals surface area contributed by atoms with Gasteiger partial charge in [0.05, 0.1) is 6.54 Å². The zero-order chi connectivity index (χ0) is 12.7. The van der Waals surface area contributed by atoms with Crippen molar-refractivity contribution in [1.29, 1.82) is 0 Å². The average molecular weight is 240 g/mol. The molecule has 0 aromatic carbocycles. The summed E-state index contributed by atoms with van der Waals surface area (Å²) in [4.78, 5) is 16.5. The van der Waals surface area contributed by atoms with Crippen LogP contribution in [0, 0.1) is 5.92 Å². The molecule has 0 N–H and O–H groups in total. The van der Waals surface area contributed by atoms with Gasteiger partial charge < -0.3 is 4.90 Å². The van der Waals surface area contributed by atoms with E-state index in [1.807, 2.05) is 4.90 Å². The van der Waals surface area contributed by atoms with Gasteiger partial charge in [-0.25, -0.2) is 0 Å². The Balaban J connectivity index is 2.35. The van der Waals surface area contributed by atoms with E-state index in [0.29, 0.717) is 12.5 Å². The molecule has 1 heterocycles. The van der Waals surface area contributed by atoms with E-state index in [9.17, 15) is 4.79 Å². The van der Waals surface area contributed by atoms with E-state index >= 15 is 0 Å². The monoisotopic (exact) mass is 240 g/mol. The fourth-order valence-electron chi connectivity index (χ4n) is 2.41. The average Bonchev–Trinajstić information content (AvgIpc) is 2.32. The van der Waals surface area contributed by atoms with Gasteiger partial charge >= 0.3 is 0 Å². The summed E-state index contributed by atoms with van der Waals surface area (Å²) in [6, 6.07) is 0. The first-order chi connectivity index (χ1) is 8.17. The van der Waals surface area contributed by atoms with Gasteiger partial charge in [0.15, 0.2) is 0 Å². The molecule has 0 saturated carbocycles. The van der Waals surface area contributed by atoms with Crippen LogP contribution in [0.25, 0.3) is 0 Å². The summed E-state index contributed by atoms with van der Waals surface area (Å²) in [6.07, 6.45) is 4.61. The number of amides is 1. The molecule has 1 saturated heterocycles. The van der Waals surface area contributed by atoms with Gasteiger partial charge in [-0.05, 0) is 44.7 Å². The van der Waals surface area contributed by atoms with Crippen LogP contribution < -0.4 is 0 Å². The van der Waals surface area contributed by atoms with Gasteiger partial charge in [0.1, 0.15) is 0 Å². The first kappa shape index (κ1) is 14.5. The molecule has 1 aliphatic rings. The number of hydrogen-bond acceptors (Lipinski definition) is 2. The van der Waals surface area contributed by atoms with Crippen LogP contribution in [-0.4, -0.2) is 48.4 Å². The minimum absolute atomic E-state index is 0.322. The summed E-state index contributed by atoms with van der Waals surface area (Å²) in [5.41, 5.74) is 0. The predicted molar refractivity (Wildman–Crippen MR) is 72.0 cm³/mol. The first-order valence-corrected chi connectivity index (χ1v) is 7.17. The van der Waals surface area contributed by atoms with E-state index in [2.05, 4.69) is 25.7 Å². The Hall–Kier alpha value is -0.570. The molecule has 3 heteroatoms. The molecule has 0 aromatic rings. The van der Waals surface area contributed by atoms with E-state index in [1.54, 1.807) is 0 Å². The molecule has 0 aliphatic carbocycles. The van der Waals surface area contributed by atoms with Gasteiger partial charge in [0, 0.05) is 13.1 Å². The third kappa shape index (κ3) is 5.07. The lowest BCUT2D eigenvalue weighted by Gasteiger charge is -2.31. The molecule has 0 aromatic heterocycles. The largest absolute Gasteiger partial charge is 0.342 e. The fraction of sp³-hybridized carbons (Fsp3) is 0.929. The van der Waals surface area contributed by atoms with Gasteiger partial charge in [-0.2, -0.15) is 0 Å². The maximum Gasteiger partial charge on any atom is 0.236 e. The van der Waals surface area contributed by atoms with Crippen molar-refractivity contribution >= 4 is 5.91 Å². The summed E-state index contributed by atoms with van der Waals surface area (Å²) >= 11 is 0. The highest BCUT2D eigenvalue weighted by atomic mass is 16.2. The summed E-state index contributed by atoms with van der Waals surface area (Å²) < 4.78 is 0. The molecule has 1 rings (SSSR count). The van der Waals surface area contributed by atoms with Crippen molar-refractivity contribution in [2.75, 3.05) is 32.7 Å². The zero-order valence-corrected chi connectivity index (χ0v) is 11.7. The second-order valence-electron chi connectivity index (χ2n) is 5.34. The van der Waals surface area contributed by atoms with Gasteiger partial charge in [0.2, 0.25) is 5.91 Å². The summed E-state index contributed by atoms with van der Waals surface area (Å²) in [7, 11) is 0. The molecule has 17 heavy (non-hydrogen) atoms. The second-order valence-corrected chi connectivity index (χ2v) is 5.34. The lowest BCUT2D eigenvalue weighted by Crippen LogP contribution is -2.43. The van der Waals surface area contributed by atoms with Crippen molar-refractivity contribution in [1.82, 2.24) is 9.80 Å². The van der Waals surface area contributed by atoms with Crippen molar-refractivity contribution in [3.63, 3.8) is 0 Å². The number of nitrogens with zero attached hydrogens (tertiary/aromatic N) is 2. The minimum Gasteiger partial charge on any atom is -0.342 e. The molecule has 0 unspecified atom stereocenters. The smallest absolute Gasteiger partial charge is 0.236 e. The molecule has 0 radical (unpaired) electrons. The summed E-state index contributed by atoms with van der Waals surface area (Å²) in [5.74, 6) is 1.16. The van der Waals surface area contributed by atoms with Crippen LogP contribution in [0.5, 0.6) is 0 Å². The molecule has 1 aliphatic heterocycles. The van der Waals surface area contributed by atoms with Gasteiger partial charge in [0.25, 0.3) is 0 Å². The quantitative estimate of drug-likeness (QED) is 0.711. The summed E-state index contributed by atoms with van der Waals surface area (Å²) in [5, 5.41) is 0. The Morgan fingerprint density at radius 1 is 1.18 bits per heavy atom. The Morgan fingerprint density at radius 3 is 2.18 bits per heavy atom. The number of likely N-dealkylation sites (tertiary alicyclic amines) is 1. The minimum atomic E-state index is 0.322. The van der Waals surface area contributed by atoms with Crippen LogP contribution in [0.2, 0.25) is 0 Å². The lowest BCUT2D eigenvalue weighted by molar-refractivity contribution is -0.132. The van der Waals surface area contributed by atoms with E-state index in [-0.39, 0.29) is 0 Å². The van der Waals surface area contributed by atoms with Crippen molar-refractivity contribution in [2.45, 2.75) is 46.5 Å². The van der Waals surface area contributed by atoms with Crippen LogP contribution >= 0.6 is 0 Å². The van der Waals surface area contributed by atoms with Crippen molar-refractivity contribution < 1.29 is 4.79 Å². The number of piperidine rings is 1. The van der Waals surface area contributed by atoms with E-state index in [0.717, 1.165) is 44.9 Å². The highest BCUT2D eigenvalue weighted by Gasteiger charge is 2.20. The third-order valence-electron chi connectivity index (χ3n) is 3.57. The topological polar surface area (TPSA) is 23.6 Å². The van der Waals surface area contributed by atoms with Crippen LogP contribution in [-0.2, 0) is 4.79 Å². The van der Waals surface area contributed by atoms with Crippen LogP contribution in [0.4, 0.5) is 0 Å². The number of carbonyl (C=O) groups excluding carboxylic acids is 1. The van der Waals surface area contributed by atoms with Gasteiger partial charge in [-0.1, -0.05) is 20.8 Å². The molecule has 0 atom stereocenters. The fourth-order valence-corrected chi connectivity index (χ4v) is 2.41. The van der Waals surface area contributed by atoms with Crippen LogP contribution in [0.15, 0.2) is 0 Å². The second kappa shape index (κ2) is 7.70. The van der Waals surface area contributed by atoms with E-state index in [1.165, 1.54) is 12.8 Å². The van der Waals surface area contributed by atoms with Crippen LogP contribution in [0.3, 0.4) is 0 Å². The molecule has 0 bridgehead atoms. The van der Waals surface area contributed by atoms with Crippen molar-refractivity contribution in [2.24, 2.45) is 5.92 Å². The standard InChI is InChI=1S/C14H28N2O/c1-4-8-16(9-5-2)14(17)12-15-10-6-13(3)7-11-15/h13H,4-12H2,1-3H3. The highest BCUT2D eigenvalue weighted by Crippen LogP contribution is 2.15. The molecule has 1 amide bonds. The van der Waals surface area contributed by atoms with E-state index in [4.69, 9.17) is 0 Å². The Kier molecular flexibility index (Phi) is 6.56. The number of hydrogen-bond donors (Lipinski definition) is 0. The Labute approximate surface area is 106 Å². The molecule has 3 nitrogen and oxygen atoms in total. The molecule has 0 spiro atoms. The number of carbonyl (C=O) groups is 1. The zero-order valence-electron chi connectivity index (χ0n) is 11.7. The molecular formula is C14H28N2O. The first-order valence-electron chi connectivity index (χ1n) is 7.17. The predicted octanol–water partition coefficient (Wildman–Crippen LogP) is 2.37. The Bertz CT molecular complexity index is 216. The van der Waals surface area contributed by atoms with Gasteiger partial charge in [-0.3, -0.25) is 9.69 Å². The lowest BCUT2D eigenvalue weighted by atomic mass is 9.99. The summed E-state index contributed by atoms with van der Waals surface area (Å²) in [6.45, 7) is 11.2. The number of rotatable bonds is 6. The normalized spacial score (nSPS) is 18.3. The van der Waals surface area contributed by atoms with Crippen LogP contribution in [0.1, 0.15) is 46.5 Å².